The Morgan fingerprint density at radius 1 is 1.33 bits per heavy atom. The summed E-state index contributed by atoms with van der Waals surface area (Å²) in [5.74, 6) is 0. The average Bonchev–Trinajstić information content (AvgIpc) is 2.00. The zero-order chi connectivity index (χ0) is 12.1. The van der Waals surface area contributed by atoms with Gasteiger partial charge in [-0.3, -0.25) is 4.74 Å². The fourth-order valence-corrected chi connectivity index (χ4v) is 1.16. The maximum Gasteiger partial charge on any atom is 0.405 e. The summed E-state index contributed by atoms with van der Waals surface area (Å²) in [7, 11) is 0. The summed E-state index contributed by atoms with van der Waals surface area (Å²) in [6, 6.07) is 0. The minimum absolute atomic E-state index is 0.505. The quantitative estimate of drug-likeness (QED) is 0.462. The van der Waals surface area contributed by atoms with Crippen LogP contribution in [-0.4, -0.2) is 27.1 Å². The molecule has 0 radical (unpaired) electrons. The molecule has 1 atom stereocenters. The normalized spacial score (nSPS) is 15.6. The van der Waals surface area contributed by atoms with Crippen LogP contribution in [0.2, 0.25) is 0 Å². The first-order valence-corrected chi connectivity index (χ1v) is 4.83. The van der Waals surface area contributed by atoms with Gasteiger partial charge in [0.25, 0.3) is 0 Å². The Hall–Kier alpha value is -0.680. The zero-order valence-electron chi connectivity index (χ0n) is 9.53. The minimum atomic E-state index is -3.12. The molecule has 0 saturated carbocycles. The third-order valence-corrected chi connectivity index (χ3v) is 2.00. The molecule has 0 aromatic carbocycles. The van der Waals surface area contributed by atoms with Crippen LogP contribution in [0.25, 0.3) is 0 Å². The highest BCUT2D eigenvalue weighted by atomic mass is 16.9. The summed E-state index contributed by atoms with van der Waals surface area (Å²) >= 11 is 0. The summed E-state index contributed by atoms with van der Waals surface area (Å²) in [6.45, 7) is 9.10. The number of ether oxygens (including phenoxy) is 1. The second kappa shape index (κ2) is 5.42. The highest BCUT2D eigenvalue weighted by Crippen LogP contribution is 2.23. The predicted molar refractivity (Wildman–Crippen MR) is 57.7 cm³/mol. The van der Waals surface area contributed by atoms with Crippen molar-refractivity contribution in [3.8, 4) is 0 Å². The molecule has 0 rings (SSSR count). The van der Waals surface area contributed by atoms with E-state index in [0.29, 0.717) is 12.8 Å². The summed E-state index contributed by atoms with van der Waals surface area (Å²) in [4.78, 5) is 0. The average molecular weight is 216 g/mol. The molecule has 15 heavy (non-hydrogen) atoms. The first kappa shape index (κ1) is 14.3. The number of allylic oxidation sites excluding steroid dienone is 2. The largest absolute Gasteiger partial charge is 0.405 e. The molecule has 4 nitrogen and oxygen atoms in total. The molecule has 4 heteroatoms. The van der Waals surface area contributed by atoms with Crippen molar-refractivity contribution in [1.29, 1.82) is 0 Å². The highest BCUT2D eigenvalue weighted by molar-refractivity contribution is 4.99. The fraction of sp³-hybridized carbons (Fsp3) is 0.636. The van der Waals surface area contributed by atoms with Crippen LogP contribution in [0.15, 0.2) is 24.3 Å². The third kappa shape index (κ3) is 7.27. The number of hydrogen-bond acceptors (Lipinski definition) is 4. The monoisotopic (exact) mass is 216 g/mol. The standard InChI is InChI=1S/C11H20O4/c1-5-10(4,15-11(12,13)14)8-6-7-9(2)3/h5,7,12-14H,1,6,8H2,2-4H3. The molecule has 0 aromatic rings. The number of hydrogen-bond donors (Lipinski definition) is 3. The van der Waals surface area contributed by atoms with Crippen LogP contribution in [0.3, 0.4) is 0 Å². The third-order valence-electron chi connectivity index (χ3n) is 2.00. The molecule has 0 aromatic heterocycles. The molecule has 0 heterocycles. The Bertz CT molecular complexity index is 235. The van der Waals surface area contributed by atoms with E-state index in [1.54, 1.807) is 6.92 Å². The van der Waals surface area contributed by atoms with Crippen LogP contribution in [0.4, 0.5) is 0 Å². The van der Waals surface area contributed by atoms with Gasteiger partial charge < -0.3 is 15.3 Å². The van der Waals surface area contributed by atoms with E-state index in [4.69, 9.17) is 15.3 Å². The van der Waals surface area contributed by atoms with Gasteiger partial charge in [-0.1, -0.05) is 17.7 Å². The summed E-state index contributed by atoms with van der Waals surface area (Å²) in [6.07, 6.45) is 1.53. The van der Waals surface area contributed by atoms with Gasteiger partial charge in [-0.2, -0.15) is 0 Å². The van der Waals surface area contributed by atoms with Crippen molar-refractivity contribution >= 4 is 0 Å². The maximum absolute atomic E-state index is 8.72. The van der Waals surface area contributed by atoms with Crippen LogP contribution in [0.1, 0.15) is 33.6 Å². The molecule has 88 valence electrons. The summed E-state index contributed by atoms with van der Waals surface area (Å²) < 4.78 is 4.68. The Morgan fingerprint density at radius 2 is 1.87 bits per heavy atom. The predicted octanol–water partition coefficient (Wildman–Crippen LogP) is 1.28. The van der Waals surface area contributed by atoms with Crippen molar-refractivity contribution in [2.75, 3.05) is 0 Å². The van der Waals surface area contributed by atoms with Crippen LogP contribution in [0.5, 0.6) is 0 Å². The topological polar surface area (TPSA) is 69.9 Å². The van der Waals surface area contributed by atoms with Gasteiger partial charge in [0.15, 0.2) is 0 Å². The maximum atomic E-state index is 8.72. The lowest BCUT2D eigenvalue weighted by Crippen LogP contribution is -2.41. The lowest BCUT2D eigenvalue weighted by Gasteiger charge is -2.30. The Morgan fingerprint density at radius 3 is 2.20 bits per heavy atom. The smallest absolute Gasteiger partial charge is 0.319 e. The Labute approximate surface area is 90.5 Å². The SMILES string of the molecule is C=CC(C)(CCC=C(C)C)OC(O)(O)O. The van der Waals surface area contributed by atoms with Crippen LogP contribution >= 0.6 is 0 Å². The van der Waals surface area contributed by atoms with Gasteiger partial charge in [-0.25, -0.2) is 0 Å². The molecule has 0 aliphatic heterocycles. The van der Waals surface area contributed by atoms with E-state index in [1.807, 2.05) is 19.9 Å². The van der Waals surface area contributed by atoms with Crippen LogP contribution < -0.4 is 0 Å². The van der Waals surface area contributed by atoms with E-state index in [-0.39, 0.29) is 0 Å². The molecule has 1 unspecified atom stereocenters. The van der Waals surface area contributed by atoms with Crippen molar-refractivity contribution < 1.29 is 20.1 Å². The first-order valence-electron chi connectivity index (χ1n) is 4.83. The summed E-state index contributed by atoms with van der Waals surface area (Å²) in [5, 5.41) is 26.2. The van der Waals surface area contributed by atoms with E-state index in [1.165, 1.54) is 11.6 Å². The van der Waals surface area contributed by atoms with E-state index in [0.717, 1.165) is 0 Å². The van der Waals surface area contributed by atoms with Gasteiger partial charge in [0.1, 0.15) is 0 Å². The second-order valence-corrected chi connectivity index (χ2v) is 4.01. The molecule has 0 aliphatic carbocycles. The molecule has 0 spiro atoms. The van der Waals surface area contributed by atoms with Gasteiger partial charge in [-0.05, 0) is 33.6 Å². The molecular weight excluding hydrogens is 196 g/mol. The zero-order valence-corrected chi connectivity index (χ0v) is 9.53. The van der Waals surface area contributed by atoms with Gasteiger partial charge in [0, 0.05) is 0 Å². The molecular formula is C11H20O4. The van der Waals surface area contributed by atoms with Gasteiger partial charge in [0.05, 0.1) is 5.60 Å². The van der Waals surface area contributed by atoms with Crippen molar-refractivity contribution in [3.63, 3.8) is 0 Å². The summed E-state index contributed by atoms with van der Waals surface area (Å²) in [5.41, 5.74) is 0.203. The first-order chi connectivity index (χ1) is 6.68. The lowest BCUT2D eigenvalue weighted by atomic mass is 9.99. The molecule has 0 saturated heterocycles. The van der Waals surface area contributed by atoms with E-state index < -0.39 is 11.8 Å². The molecule has 0 aliphatic rings. The van der Waals surface area contributed by atoms with E-state index >= 15 is 0 Å². The van der Waals surface area contributed by atoms with Gasteiger partial charge >= 0.3 is 6.16 Å². The van der Waals surface area contributed by atoms with Gasteiger partial charge in [-0.15, -0.1) is 6.58 Å². The van der Waals surface area contributed by atoms with Crippen molar-refractivity contribution in [3.05, 3.63) is 24.3 Å². The molecule has 0 fully saturated rings. The minimum Gasteiger partial charge on any atom is -0.319 e. The van der Waals surface area contributed by atoms with Crippen LogP contribution in [-0.2, 0) is 4.74 Å². The molecule has 0 bridgehead atoms. The fourth-order valence-electron chi connectivity index (χ4n) is 1.16. The lowest BCUT2D eigenvalue weighted by molar-refractivity contribution is -0.474. The van der Waals surface area contributed by atoms with Crippen molar-refractivity contribution in [2.45, 2.75) is 45.4 Å². The van der Waals surface area contributed by atoms with Crippen molar-refractivity contribution in [2.24, 2.45) is 0 Å². The van der Waals surface area contributed by atoms with E-state index in [9.17, 15) is 0 Å². The van der Waals surface area contributed by atoms with Crippen LogP contribution in [0, 0.1) is 0 Å². The Balaban J connectivity index is 4.32. The molecule has 3 N–H and O–H groups in total. The van der Waals surface area contributed by atoms with Gasteiger partial charge in [0.2, 0.25) is 0 Å². The number of aliphatic hydroxyl groups is 3. The Kier molecular flexibility index (Phi) is 5.17. The second-order valence-electron chi connectivity index (χ2n) is 4.01. The van der Waals surface area contributed by atoms with E-state index in [2.05, 4.69) is 11.3 Å². The molecule has 0 amide bonds. The van der Waals surface area contributed by atoms with Crippen molar-refractivity contribution in [1.82, 2.24) is 0 Å². The highest BCUT2D eigenvalue weighted by Gasteiger charge is 2.32. The number of rotatable bonds is 6.